The van der Waals surface area contributed by atoms with Crippen LogP contribution in [0.15, 0.2) is 48.5 Å². The molecule has 1 N–H and O–H groups in total. The number of carboxylic acids is 1. The quantitative estimate of drug-likeness (QED) is 0.916. The van der Waals surface area contributed by atoms with Crippen molar-refractivity contribution in [1.82, 2.24) is 9.88 Å². The van der Waals surface area contributed by atoms with Gasteiger partial charge in [-0.3, -0.25) is 4.90 Å². The third-order valence-electron chi connectivity index (χ3n) is 4.58. The van der Waals surface area contributed by atoms with E-state index in [1.807, 2.05) is 12.1 Å². The van der Waals surface area contributed by atoms with Gasteiger partial charge in [0.25, 0.3) is 0 Å². The first-order chi connectivity index (χ1) is 11.7. The van der Waals surface area contributed by atoms with Crippen molar-refractivity contribution < 1.29 is 9.90 Å². The van der Waals surface area contributed by atoms with Crippen LogP contribution in [0.2, 0.25) is 0 Å². The van der Waals surface area contributed by atoms with Gasteiger partial charge in [0.2, 0.25) is 0 Å². The smallest absolute Gasteiger partial charge is 0.354 e. The molecule has 1 atom stereocenters. The van der Waals surface area contributed by atoms with Gasteiger partial charge in [-0.05, 0) is 24.1 Å². The van der Waals surface area contributed by atoms with Gasteiger partial charge in [-0.25, -0.2) is 9.78 Å². The summed E-state index contributed by atoms with van der Waals surface area (Å²) in [5, 5.41) is 9.12. The van der Waals surface area contributed by atoms with Gasteiger partial charge in [0, 0.05) is 32.2 Å². The van der Waals surface area contributed by atoms with Crippen molar-refractivity contribution in [2.24, 2.45) is 0 Å². The summed E-state index contributed by atoms with van der Waals surface area (Å²) in [7, 11) is 0. The van der Waals surface area contributed by atoms with Crippen LogP contribution in [-0.2, 0) is 6.54 Å². The number of carbonyl (C=O) groups is 1. The summed E-state index contributed by atoms with van der Waals surface area (Å²) in [4.78, 5) is 20.1. The topological polar surface area (TPSA) is 56.7 Å². The Kier molecular flexibility index (Phi) is 5.11. The van der Waals surface area contributed by atoms with Crippen LogP contribution < -0.4 is 4.90 Å². The first-order valence-electron chi connectivity index (χ1n) is 8.40. The van der Waals surface area contributed by atoms with Crippen LogP contribution in [0.1, 0.15) is 29.4 Å². The molecular weight excluding hydrogens is 302 g/mol. The minimum absolute atomic E-state index is 0.104. The summed E-state index contributed by atoms with van der Waals surface area (Å²) < 4.78 is 0. The Bertz CT molecular complexity index is 690. The zero-order valence-corrected chi connectivity index (χ0v) is 13.9. The van der Waals surface area contributed by atoms with E-state index < -0.39 is 5.97 Å². The van der Waals surface area contributed by atoms with Gasteiger partial charge >= 0.3 is 5.97 Å². The van der Waals surface area contributed by atoms with Gasteiger partial charge < -0.3 is 10.0 Å². The van der Waals surface area contributed by atoms with E-state index in [4.69, 9.17) is 5.11 Å². The molecule has 0 aliphatic carbocycles. The molecule has 1 aliphatic rings. The zero-order valence-electron chi connectivity index (χ0n) is 13.9. The van der Waals surface area contributed by atoms with E-state index in [1.54, 1.807) is 6.07 Å². The molecule has 0 spiro atoms. The molecular formula is C19H23N3O2. The van der Waals surface area contributed by atoms with Gasteiger partial charge in [-0.1, -0.05) is 43.3 Å². The number of piperazine rings is 1. The highest BCUT2D eigenvalue weighted by Crippen LogP contribution is 2.21. The molecule has 0 radical (unpaired) electrons. The van der Waals surface area contributed by atoms with E-state index in [0.717, 1.165) is 38.4 Å². The number of pyridine rings is 1. The van der Waals surface area contributed by atoms with Gasteiger partial charge in [-0.2, -0.15) is 0 Å². The van der Waals surface area contributed by atoms with Crippen LogP contribution in [0.3, 0.4) is 0 Å². The molecule has 2 aromatic rings. The number of hydrogen-bond acceptors (Lipinski definition) is 4. The van der Waals surface area contributed by atoms with E-state index in [-0.39, 0.29) is 5.69 Å². The fourth-order valence-corrected chi connectivity index (χ4v) is 3.23. The highest BCUT2D eigenvalue weighted by atomic mass is 16.4. The fraction of sp³-hybridized carbons (Fsp3) is 0.368. The van der Waals surface area contributed by atoms with Crippen molar-refractivity contribution in [2.75, 3.05) is 24.5 Å². The zero-order chi connectivity index (χ0) is 16.9. The molecule has 1 aromatic carbocycles. The van der Waals surface area contributed by atoms with Crippen LogP contribution in [-0.4, -0.2) is 46.6 Å². The molecule has 1 unspecified atom stereocenters. The number of aromatic nitrogens is 1. The summed E-state index contributed by atoms with van der Waals surface area (Å²) in [5.74, 6) is -0.223. The Morgan fingerprint density at radius 1 is 1.17 bits per heavy atom. The monoisotopic (exact) mass is 325 g/mol. The molecule has 0 amide bonds. The maximum Gasteiger partial charge on any atom is 0.354 e. The van der Waals surface area contributed by atoms with Crippen LogP contribution in [0.4, 0.5) is 5.82 Å². The Labute approximate surface area is 142 Å². The second kappa shape index (κ2) is 7.45. The molecule has 5 heteroatoms. The summed E-state index contributed by atoms with van der Waals surface area (Å²) in [6.07, 6.45) is 1.06. The molecule has 3 rings (SSSR count). The van der Waals surface area contributed by atoms with Crippen LogP contribution in [0.25, 0.3) is 0 Å². The van der Waals surface area contributed by atoms with Gasteiger partial charge in [0.05, 0.1) is 0 Å². The number of aromatic carboxylic acids is 1. The number of benzene rings is 1. The second-order valence-corrected chi connectivity index (χ2v) is 6.15. The third kappa shape index (κ3) is 3.74. The molecule has 2 heterocycles. The van der Waals surface area contributed by atoms with E-state index in [2.05, 4.69) is 46.0 Å². The third-order valence-corrected chi connectivity index (χ3v) is 4.58. The lowest BCUT2D eigenvalue weighted by Gasteiger charge is -2.41. The van der Waals surface area contributed by atoms with Crippen molar-refractivity contribution in [3.63, 3.8) is 0 Å². The van der Waals surface area contributed by atoms with Crippen molar-refractivity contribution in [1.29, 1.82) is 0 Å². The molecule has 1 fully saturated rings. The number of carboxylic acid groups (broad SMARTS) is 1. The Balaban J connectivity index is 1.70. The molecule has 1 aliphatic heterocycles. The summed E-state index contributed by atoms with van der Waals surface area (Å²) in [6.45, 7) is 5.84. The van der Waals surface area contributed by atoms with E-state index in [0.29, 0.717) is 6.04 Å². The normalized spacial score (nSPS) is 18.5. The Morgan fingerprint density at radius 3 is 2.67 bits per heavy atom. The van der Waals surface area contributed by atoms with E-state index in [1.165, 1.54) is 11.6 Å². The molecule has 24 heavy (non-hydrogen) atoms. The SMILES string of the molecule is CCC1CN(c2cccc(C(=O)O)n2)CCN1Cc1ccccc1. The van der Waals surface area contributed by atoms with Gasteiger partial charge in [0.15, 0.2) is 5.69 Å². The van der Waals surface area contributed by atoms with Crippen LogP contribution >= 0.6 is 0 Å². The van der Waals surface area contributed by atoms with Crippen molar-refractivity contribution in [2.45, 2.75) is 25.9 Å². The standard InChI is InChI=1S/C19H23N3O2/c1-2-16-14-22(18-10-6-9-17(20-18)19(23)24)12-11-21(16)13-15-7-4-3-5-8-15/h3-10,16H,2,11-14H2,1H3,(H,23,24). The average Bonchev–Trinajstić information content (AvgIpc) is 2.63. The van der Waals surface area contributed by atoms with Gasteiger partial charge in [0.1, 0.15) is 5.82 Å². The van der Waals surface area contributed by atoms with Crippen molar-refractivity contribution >= 4 is 11.8 Å². The summed E-state index contributed by atoms with van der Waals surface area (Å²) in [5.41, 5.74) is 1.43. The second-order valence-electron chi connectivity index (χ2n) is 6.15. The lowest BCUT2D eigenvalue weighted by molar-refractivity contribution is 0.0690. The number of nitrogens with zero attached hydrogens (tertiary/aromatic N) is 3. The lowest BCUT2D eigenvalue weighted by atomic mass is 10.1. The highest BCUT2D eigenvalue weighted by molar-refractivity contribution is 5.85. The highest BCUT2D eigenvalue weighted by Gasteiger charge is 2.26. The van der Waals surface area contributed by atoms with Crippen molar-refractivity contribution in [3.05, 3.63) is 59.8 Å². The number of hydrogen-bond donors (Lipinski definition) is 1. The Hall–Kier alpha value is -2.40. The lowest BCUT2D eigenvalue weighted by Crippen LogP contribution is -2.52. The predicted octanol–water partition coefficient (Wildman–Crippen LogP) is 2.88. The average molecular weight is 325 g/mol. The number of rotatable bonds is 5. The van der Waals surface area contributed by atoms with E-state index >= 15 is 0 Å². The first kappa shape index (κ1) is 16.5. The molecule has 5 nitrogen and oxygen atoms in total. The largest absolute Gasteiger partial charge is 0.477 e. The molecule has 126 valence electrons. The van der Waals surface area contributed by atoms with Crippen LogP contribution in [0, 0.1) is 0 Å². The summed E-state index contributed by atoms with van der Waals surface area (Å²) >= 11 is 0. The van der Waals surface area contributed by atoms with Crippen molar-refractivity contribution in [3.8, 4) is 0 Å². The maximum atomic E-state index is 11.1. The van der Waals surface area contributed by atoms with Crippen LogP contribution in [0.5, 0.6) is 0 Å². The van der Waals surface area contributed by atoms with E-state index in [9.17, 15) is 4.79 Å². The Morgan fingerprint density at radius 2 is 1.96 bits per heavy atom. The minimum Gasteiger partial charge on any atom is -0.477 e. The van der Waals surface area contributed by atoms with Gasteiger partial charge in [-0.15, -0.1) is 0 Å². The first-order valence-corrected chi connectivity index (χ1v) is 8.40. The fourth-order valence-electron chi connectivity index (χ4n) is 3.23. The summed E-state index contributed by atoms with van der Waals surface area (Å²) in [6, 6.07) is 16.2. The molecule has 1 aromatic heterocycles. The molecule has 0 bridgehead atoms. The number of anilines is 1. The maximum absolute atomic E-state index is 11.1. The predicted molar refractivity (Wildman–Crippen MR) is 94.3 cm³/mol. The molecule has 1 saturated heterocycles. The molecule has 0 saturated carbocycles. The minimum atomic E-state index is -0.980.